The van der Waals surface area contributed by atoms with E-state index in [-0.39, 0.29) is 24.0 Å². The average molecular weight is 378 g/mol. The fraction of sp³-hybridized carbons (Fsp3) is 0.294. The number of nitrogens with zero attached hydrogens (tertiary/aromatic N) is 1. The van der Waals surface area contributed by atoms with Crippen molar-refractivity contribution in [3.63, 3.8) is 0 Å². The van der Waals surface area contributed by atoms with Crippen LogP contribution in [0.25, 0.3) is 0 Å². The van der Waals surface area contributed by atoms with Crippen LogP contribution in [0, 0.1) is 0 Å². The van der Waals surface area contributed by atoms with E-state index >= 15 is 0 Å². The van der Waals surface area contributed by atoms with E-state index in [1.165, 1.54) is 19.2 Å². The van der Waals surface area contributed by atoms with Crippen LogP contribution in [0.2, 0.25) is 0 Å². The van der Waals surface area contributed by atoms with Crippen molar-refractivity contribution >= 4 is 16.1 Å². The Morgan fingerprint density at radius 1 is 1.15 bits per heavy atom. The van der Waals surface area contributed by atoms with Crippen molar-refractivity contribution in [1.82, 2.24) is 20.3 Å². The second-order valence-electron chi connectivity index (χ2n) is 5.29. The van der Waals surface area contributed by atoms with Gasteiger partial charge in [0.25, 0.3) is 0 Å². The Bertz CT molecular complexity index is 855. The molecule has 0 aliphatic heterocycles. The smallest absolute Gasteiger partial charge is 0.315 e. The summed E-state index contributed by atoms with van der Waals surface area (Å²) < 4.78 is 31.3. The number of urea groups is 1. The molecule has 0 spiro atoms. The van der Waals surface area contributed by atoms with Crippen LogP contribution in [-0.4, -0.2) is 33.1 Å². The number of hydrogen-bond acceptors (Lipinski definition) is 5. The molecule has 0 aliphatic rings. The molecule has 26 heavy (non-hydrogen) atoms. The predicted octanol–water partition coefficient (Wildman–Crippen LogP) is 1.39. The Morgan fingerprint density at radius 2 is 1.92 bits per heavy atom. The van der Waals surface area contributed by atoms with E-state index in [2.05, 4.69) is 20.3 Å². The lowest BCUT2D eigenvalue weighted by molar-refractivity contribution is 0.240. The lowest BCUT2D eigenvalue weighted by Gasteiger charge is -2.11. The molecule has 0 aliphatic carbocycles. The molecule has 9 heteroatoms. The zero-order valence-corrected chi connectivity index (χ0v) is 15.5. The maximum absolute atomic E-state index is 12.0. The number of carbonyl (C=O) groups excluding carboxylic acids is 1. The fourth-order valence-corrected chi connectivity index (χ4v) is 2.99. The van der Waals surface area contributed by atoms with Gasteiger partial charge >= 0.3 is 6.03 Å². The number of nitrogens with one attached hydrogen (secondary N) is 3. The van der Waals surface area contributed by atoms with Gasteiger partial charge in [-0.25, -0.2) is 22.9 Å². The third-order valence-corrected chi connectivity index (χ3v) is 4.91. The van der Waals surface area contributed by atoms with Gasteiger partial charge in [-0.15, -0.1) is 0 Å². The summed E-state index contributed by atoms with van der Waals surface area (Å²) in [4.78, 5) is 16.3. The van der Waals surface area contributed by atoms with Crippen molar-refractivity contribution in [3.05, 3.63) is 53.7 Å². The molecular formula is C17H22N4O4S. The molecule has 140 valence electrons. The second-order valence-corrected chi connectivity index (χ2v) is 7.18. The molecule has 0 bridgehead atoms. The number of hydrogen-bond donors (Lipinski definition) is 3. The van der Waals surface area contributed by atoms with Crippen LogP contribution in [0.4, 0.5) is 4.79 Å². The van der Waals surface area contributed by atoms with Crippen molar-refractivity contribution in [2.75, 3.05) is 13.7 Å². The Morgan fingerprint density at radius 3 is 2.65 bits per heavy atom. The van der Waals surface area contributed by atoms with Crippen molar-refractivity contribution in [1.29, 1.82) is 0 Å². The zero-order chi connectivity index (χ0) is 19.0. The fourth-order valence-electron chi connectivity index (χ4n) is 2.19. The lowest BCUT2D eigenvalue weighted by atomic mass is 10.2. The summed E-state index contributed by atoms with van der Waals surface area (Å²) in [6, 6.07) is 9.59. The molecular weight excluding hydrogens is 356 g/mol. The van der Waals surface area contributed by atoms with Gasteiger partial charge in [-0.05, 0) is 37.7 Å². The largest absolute Gasteiger partial charge is 0.478 e. The van der Waals surface area contributed by atoms with Crippen LogP contribution in [0.3, 0.4) is 0 Å². The maximum Gasteiger partial charge on any atom is 0.315 e. The van der Waals surface area contributed by atoms with Gasteiger partial charge in [-0.2, -0.15) is 0 Å². The molecule has 8 nitrogen and oxygen atoms in total. The number of aromatic nitrogens is 1. The standard InChI is InChI=1S/C17H22N4O4S/c1-3-25-16-14(7-5-9-19-16)12-21-17(22)20-11-13-6-4-8-15(10-13)26(23,24)18-2/h4-10,18H,3,11-12H2,1-2H3,(H2,20,21,22). The van der Waals surface area contributed by atoms with Crippen molar-refractivity contribution < 1.29 is 17.9 Å². The average Bonchev–Trinajstić information content (AvgIpc) is 2.66. The summed E-state index contributed by atoms with van der Waals surface area (Å²) in [6.45, 7) is 2.82. The minimum atomic E-state index is -3.51. The van der Waals surface area contributed by atoms with Crippen molar-refractivity contribution in [2.24, 2.45) is 0 Å². The number of carbonyl (C=O) groups is 1. The first-order chi connectivity index (χ1) is 12.5. The Balaban J connectivity index is 1.91. The molecule has 2 aromatic rings. The van der Waals surface area contributed by atoms with E-state index in [0.717, 1.165) is 5.56 Å². The van der Waals surface area contributed by atoms with Crippen LogP contribution in [-0.2, 0) is 23.1 Å². The van der Waals surface area contributed by atoms with E-state index in [0.29, 0.717) is 18.1 Å². The lowest BCUT2D eigenvalue weighted by Crippen LogP contribution is -2.34. The molecule has 1 aromatic heterocycles. The van der Waals surface area contributed by atoms with E-state index < -0.39 is 10.0 Å². The molecule has 0 atom stereocenters. The Kier molecular flexibility index (Phi) is 6.93. The molecule has 0 saturated heterocycles. The highest BCUT2D eigenvalue weighted by molar-refractivity contribution is 7.89. The molecule has 0 fully saturated rings. The number of amides is 2. The van der Waals surface area contributed by atoms with Gasteiger partial charge in [-0.1, -0.05) is 18.2 Å². The van der Waals surface area contributed by atoms with Gasteiger partial charge in [0, 0.05) is 24.8 Å². The molecule has 0 radical (unpaired) electrons. The summed E-state index contributed by atoms with van der Waals surface area (Å²) in [5, 5.41) is 5.41. The first kappa shape index (κ1) is 19.7. The van der Waals surface area contributed by atoms with Crippen LogP contribution in [0.15, 0.2) is 47.5 Å². The highest BCUT2D eigenvalue weighted by Crippen LogP contribution is 2.14. The van der Waals surface area contributed by atoms with Crippen LogP contribution in [0.1, 0.15) is 18.1 Å². The molecule has 0 unspecified atom stereocenters. The zero-order valence-electron chi connectivity index (χ0n) is 14.7. The van der Waals surface area contributed by atoms with E-state index in [9.17, 15) is 13.2 Å². The predicted molar refractivity (Wildman–Crippen MR) is 97.2 cm³/mol. The van der Waals surface area contributed by atoms with E-state index in [4.69, 9.17) is 4.74 Å². The summed E-state index contributed by atoms with van der Waals surface area (Å²) in [5.74, 6) is 0.486. The highest BCUT2D eigenvalue weighted by atomic mass is 32.2. The normalized spacial score (nSPS) is 11.0. The summed E-state index contributed by atoms with van der Waals surface area (Å²) >= 11 is 0. The van der Waals surface area contributed by atoms with Gasteiger partial charge in [0.15, 0.2) is 0 Å². The van der Waals surface area contributed by atoms with Crippen LogP contribution < -0.4 is 20.1 Å². The third-order valence-electron chi connectivity index (χ3n) is 3.50. The van der Waals surface area contributed by atoms with Crippen LogP contribution in [0.5, 0.6) is 5.88 Å². The number of sulfonamides is 1. The van der Waals surface area contributed by atoms with Crippen molar-refractivity contribution in [3.8, 4) is 5.88 Å². The maximum atomic E-state index is 12.0. The molecule has 1 heterocycles. The topological polar surface area (TPSA) is 109 Å². The van der Waals surface area contributed by atoms with Gasteiger partial charge in [-0.3, -0.25) is 0 Å². The van der Waals surface area contributed by atoms with Gasteiger partial charge < -0.3 is 15.4 Å². The molecule has 0 saturated carbocycles. The number of benzene rings is 1. The third kappa shape index (κ3) is 5.43. The monoisotopic (exact) mass is 378 g/mol. The first-order valence-corrected chi connectivity index (χ1v) is 9.55. The number of rotatable bonds is 8. The van der Waals surface area contributed by atoms with Crippen molar-refractivity contribution in [2.45, 2.75) is 24.9 Å². The molecule has 1 aromatic carbocycles. The van der Waals surface area contributed by atoms with E-state index in [1.54, 1.807) is 24.4 Å². The van der Waals surface area contributed by atoms with Gasteiger partial charge in [0.2, 0.25) is 15.9 Å². The molecule has 2 amide bonds. The summed E-state index contributed by atoms with van der Waals surface area (Å²) in [5.41, 5.74) is 1.44. The second kappa shape index (κ2) is 9.16. The van der Waals surface area contributed by atoms with E-state index in [1.807, 2.05) is 13.0 Å². The summed E-state index contributed by atoms with van der Waals surface area (Å²) in [6.07, 6.45) is 1.63. The Labute approximate surface area is 153 Å². The first-order valence-electron chi connectivity index (χ1n) is 8.07. The number of ether oxygens (including phenoxy) is 1. The van der Waals surface area contributed by atoms with Gasteiger partial charge in [0.1, 0.15) is 0 Å². The highest BCUT2D eigenvalue weighted by Gasteiger charge is 2.12. The quantitative estimate of drug-likeness (QED) is 0.643. The van der Waals surface area contributed by atoms with Gasteiger partial charge in [0.05, 0.1) is 11.5 Å². The molecule has 3 N–H and O–H groups in total. The minimum absolute atomic E-state index is 0.149. The summed E-state index contributed by atoms with van der Waals surface area (Å²) in [7, 11) is -2.17. The molecule has 2 rings (SSSR count). The minimum Gasteiger partial charge on any atom is -0.478 e. The SMILES string of the molecule is CCOc1ncccc1CNC(=O)NCc1cccc(S(=O)(=O)NC)c1. The Hall–Kier alpha value is -2.65. The number of pyridine rings is 1. The van der Waals surface area contributed by atoms with Crippen LogP contribution >= 0.6 is 0 Å².